The summed E-state index contributed by atoms with van der Waals surface area (Å²) in [5, 5.41) is 2.58. The molecule has 0 saturated heterocycles. The molecular weight excluding hydrogens is 615 g/mol. The van der Waals surface area contributed by atoms with Crippen LogP contribution in [-0.4, -0.2) is 15.0 Å². The third-order valence-electron chi connectivity index (χ3n) is 8.98. The molecule has 6 aromatic carbocycles. The van der Waals surface area contributed by atoms with Crippen LogP contribution in [0.1, 0.15) is 0 Å². The highest BCUT2D eigenvalue weighted by atomic mass is 32.1. The lowest BCUT2D eigenvalue weighted by Crippen LogP contribution is -1.97. The molecule has 9 aromatic rings. The average Bonchev–Trinajstić information content (AvgIpc) is 3.57. The SMILES string of the molecule is c1ccc(-c2cc(-c3ccc4sc5ccccc5c4c3)cc(-c3cc(-c4ccccc4-c4cccnc4)nc(-c4ccccc4)n3)c2)cc1. The van der Waals surface area contributed by atoms with E-state index in [0.717, 1.165) is 55.9 Å². The lowest BCUT2D eigenvalue weighted by atomic mass is 9.93. The van der Waals surface area contributed by atoms with Gasteiger partial charge >= 0.3 is 0 Å². The molecule has 0 aliphatic rings. The van der Waals surface area contributed by atoms with Crippen molar-refractivity contribution in [1.82, 2.24) is 15.0 Å². The summed E-state index contributed by atoms with van der Waals surface area (Å²) in [4.78, 5) is 14.8. The van der Waals surface area contributed by atoms with Crippen LogP contribution in [0.3, 0.4) is 0 Å². The zero-order chi connectivity index (χ0) is 32.6. The number of rotatable bonds is 6. The van der Waals surface area contributed by atoms with E-state index < -0.39 is 0 Å². The molecule has 49 heavy (non-hydrogen) atoms. The Morgan fingerprint density at radius 2 is 1.00 bits per heavy atom. The molecule has 3 nitrogen and oxygen atoms in total. The first-order chi connectivity index (χ1) is 24.3. The van der Waals surface area contributed by atoms with Crippen LogP contribution in [0.25, 0.3) is 87.5 Å². The topological polar surface area (TPSA) is 38.7 Å². The lowest BCUT2D eigenvalue weighted by molar-refractivity contribution is 1.18. The Morgan fingerprint density at radius 1 is 0.367 bits per heavy atom. The monoisotopic (exact) mass is 643 g/mol. The van der Waals surface area contributed by atoms with Gasteiger partial charge in [0.1, 0.15) is 0 Å². The van der Waals surface area contributed by atoms with Crippen molar-refractivity contribution in [1.29, 1.82) is 0 Å². The molecule has 0 atom stereocenters. The summed E-state index contributed by atoms with van der Waals surface area (Å²) in [6.07, 6.45) is 3.71. The third kappa shape index (κ3) is 5.58. The fourth-order valence-corrected chi connectivity index (χ4v) is 7.66. The Morgan fingerprint density at radius 3 is 1.80 bits per heavy atom. The normalized spacial score (nSPS) is 11.3. The van der Waals surface area contributed by atoms with Gasteiger partial charge in [0.2, 0.25) is 0 Å². The van der Waals surface area contributed by atoms with E-state index in [4.69, 9.17) is 9.97 Å². The Labute approximate surface area is 288 Å². The highest BCUT2D eigenvalue weighted by Crippen LogP contribution is 2.40. The van der Waals surface area contributed by atoms with Crippen LogP contribution in [0, 0.1) is 0 Å². The summed E-state index contributed by atoms with van der Waals surface area (Å²) in [5.41, 5.74) is 11.5. The van der Waals surface area contributed by atoms with E-state index in [1.54, 1.807) is 6.20 Å². The molecule has 9 rings (SSSR count). The zero-order valence-electron chi connectivity index (χ0n) is 26.5. The van der Waals surface area contributed by atoms with E-state index >= 15 is 0 Å². The van der Waals surface area contributed by atoms with Crippen LogP contribution in [-0.2, 0) is 0 Å². The van der Waals surface area contributed by atoms with E-state index in [0.29, 0.717) is 5.82 Å². The number of aromatic nitrogens is 3. The molecule has 0 fully saturated rings. The Balaban J connectivity index is 1.27. The van der Waals surface area contributed by atoms with Gasteiger partial charge in [-0.2, -0.15) is 0 Å². The summed E-state index contributed by atoms with van der Waals surface area (Å²) in [6.45, 7) is 0. The van der Waals surface area contributed by atoms with Crippen molar-refractivity contribution in [2.45, 2.75) is 0 Å². The summed E-state index contributed by atoms with van der Waals surface area (Å²) in [5.74, 6) is 0.687. The molecule has 0 bridgehead atoms. The Kier molecular flexibility index (Phi) is 7.34. The number of benzene rings is 6. The van der Waals surface area contributed by atoms with Gasteiger partial charge in [-0.05, 0) is 76.3 Å². The molecule has 3 aromatic heterocycles. The number of pyridine rings is 1. The molecular formula is C45H29N3S. The first kappa shape index (κ1) is 29.0. The standard InChI is InChI=1S/C45H29N3S/c1-3-12-30(13-4-1)34-24-35(32-21-22-44-40(27-32)39-19-9-10-20-43(39)49-44)26-36(25-34)41-28-42(48-45(47-41)31-14-5-2-6-15-31)38-18-8-7-17-37(38)33-16-11-23-46-29-33/h1-29H. The maximum atomic E-state index is 5.23. The van der Waals surface area contributed by atoms with Gasteiger partial charge in [-0.1, -0.05) is 115 Å². The average molecular weight is 644 g/mol. The van der Waals surface area contributed by atoms with E-state index in [1.165, 1.54) is 25.7 Å². The Bertz CT molecular complexity index is 2590. The second-order valence-corrected chi connectivity index (χ2v) is 13.2. The van der Waals surface area contributed by atoms with Crippen LogP contribution >= 0.6 is 11.3 Å². The highest BCUT2D eigenvalue weighted by Gasteiger charge is 2.16. The molecule has 0 saturated carbocycles. The van der Waals surface area contributed by atoms with E-state index in [1.807, 2.05) is 41.8 Å². The molecule has 0 amide bonds. The third-order valence-corrected chi connectivity index (χ3v) is 10.1. The summed E-state index contributed by atoms with van der Waals surface area (Å²) in [7, 11) is 0. The zero-order valence-corrected chi connectivity index (χ0v) is 27.3. The molecule has 0 spiro atoms. The van der Waals surface area contributed by atoms with Crippen molar-refractivity contribution in [3.8, 4) is 67.3 Å². The number of fused-ring (bicyclic) bond motifs is 3. The van der Waals surface area contributed by atoms with Gasteiger partial charge in [-0.15, -0.1) is 11.3 Å². The molecule has 0 N–H and O–H groups in total. The largest absolute Gasteiger partial charge is 0.264 e. The second-order valence-electron chi connectivity index (χ2n) is 12.1. The Hall–Kier alpha value is -6.23. The van der Waals surface area contributed by atoms with Gasteiger partial charge in [0.15, 0.2) is 5.82 Å². The van der Waals surface area contributed by atoms with Crippen molar-refractivity contribution in [2.75, 3.05) is 0 Å². The predicted octanol–water partition coefficient (Wildman–Crippen LogP) is 12.2. The maximum Gasteiger partial charge on any atom is 0.160 e. The van der Waals surface area contributed by atoms with Gasteiger partial charge in [0.25, 0.3) is 0 Å². The van der Waals surface area contributed by atoms with Crippen LogP contribution in [0.4, 0.5) is 0 Å². The molecule has 0 aliphatic carbocycles. The number of hydrogen-bond acceptors (Lipinski definition) is 4. The quantitative estimate of drug-likeness (QED) is 0.181. The lowest BCUT2D eigenvalue weighted by Gasteiger charge is -2.15. The van der Waals surface area contributed by atoms with Crippen LogP contribution in [0.15, 0.2) is 176 Å². The van der Waals surface area contributed by atoms with Gasteiger partial charge < -0.3 is 0 Å². The van der Waals surface area contributed by atoms with Crippen LogP contribution in [0.5, 0.6) is 0 Å². The maximum absolute atomic E-state index is 5.23. The number of thiophene rings is 1. The van der Waals surface area contributed by atoms with Gasteiger partial charge in [0, 0.05) is 54.8 Å². The van der Waals surface area contributed by atoms with Crippen LogP contribution in [0.2, 0.25) is 0 Å². The highest BCUT2D eigenvalue weighted by molar-refractivity contribution is 7.25. The summed E-state index contributed by atoms with van der Waals surface area (Å²) >= 11 is 1.84. The van der Waals surface area contributed by atoms with E-state index in [9.17, 15) is 0 Å². The minimum Gasteiger partial charge on any atom is -0.264 e. The van der Waals surface area contributed by atoms with Crippen molar-refractivity contribution < 1.29 is 0 Å². The van der Waals surface area contributed by atoms with Crippen molar-refractivity contribution in [2.24, 2.45) is 0 Å². The second kappa shape index (κ2) is 12.4. The van der Waals surface area contributed by atoms with Gasteiger partial charge in [-0.3, -0.25) is 4.98 Å². The first-order valence-electron chi connectivity index (χ1n) is 16.3. The van der Waals surface area contributed by atoms with E-state index in [-0.39, 0.29) is 0 Å². The van der Waals surface area contributed by atoms with Gasteiger partial charge in [0.05, 0.1) is 11.4 Å². The smallest absolute Gasteiger partial charge is 0.160 e. The van der Waals surface area contributed by atoms with Crippen molar-refractivity contribution in [3.05, 3.63) is 176 Å². The summed E-state index contributed by atoms with van der Waals surface area (Å²) < 4.78 is 2.60. The van der Waals surface area contributed by atoms with E-state index in [2.05, 4.69) is 145 Å². The summed E-state index contributed by atoms with van der Waals surface area (Å²) in [6, 6.07) is 57.8. The van der Waals surface area contributed by atoms with Crippen molar-refractivity contribution >= 4 is 31.5 Å². The minimum atomic E-state index is 0.687. The number of hydrogen-bond donors (Lipinski definition) is 0. The molecule has 4 heteroatoms. The molecule has 230 valence electrons. The fourth-order valence-electron chi connectivity index (χ4n) is 6.57. The molecule has 0 radical (unpaired) electrons. The molecule has 3 heterocycles. The van der Waals surface area contributed by atoms with Crippen molar-refractivity contribution in [3.63, 3.8) is 0 Å². The predicted molar refractivity (Wildman–Crippen MR) is 205 cm³/mol. The first-order valence-corrected chi connectivity index (χ1v) is 17.2. The molecule has 0 unspecified atom stereocenters. The number of nitrogens with zero attached hydrogens (tertiary/aromatic N) is 3. The fraction of sp³-hybridized carbons (Fsp3) is 0. The van der Waals surface area contributed by atoms with Gasteiger partial charge in [-0.25, -0.2) is 9.97 Å². The minimum absolute atomic E-state index is 0.687. The van der Waals surface area contributed by atoms with Crippen LogP contribution < -0.4 is 0 Å². The molecule has 0 aliphatic heterocycles.